The van der Waals surface area contributed by atoms with Crippen LogP contribution in [0.25, 0.3) is 11.3 Å². The Kier molecular flexibility index (Phi) is 3.00. The van der Waals surface area contributed by atoms with Crippen molar-refractivity contribution in [2.24, 2.45) is 0 Å². The molecule has 0 radical (unpaired) electrons. The molecule has 0 saturated heterocycles. The molecule has 2 heterocycles. The number of carbonyl (C=O) groups is 1. The number of pyridine rings is 2. The smallest absolute Gasteiger partial charge is 0.337 e. The maximum atomic E-state index is 10.7. The lowest BCUT2D eigenvalue weighted by atomic mass is 10.1. The zero-order valence-electron chi connectivity index (χ0n) is 9.12. The summed E-state index contributed by atoms with van der Waals surface area (Å²) in [4.78, 5) is 18.8. The minimum Gasteiger partial charge on any atom is -0.481 e. The van der Waals surface area contributed by atoms with E-state index in [0.29, 0.717) is 11.6 Å². The molecule has 0 aliphatic heterocycles. The van der Waals surface area contributed by atoms with Crippen molar-refractivity contribution in [2.75, 3.05) is 7.11 Å². The SMILES string of the molecule is COc1ncccc1-c1ccc(C(=O)O)cn1. The number of aromatic nitrogens is 2. The van der Waals surface area contributed by atoms with E-state index in [0.717, 1.165) is 5.56 Å². The molecule has 0 amide bonds. The van der Waals surface area contributed by atoms with E-state index < -0.39 is 5.97 Å². The molecule has 0 bridgehead atoms. The number of carboxylic acids is 1. The van der Waals surface area contributed by atoms with E-state index in [9.17, 15) is 4.79 Å². The van der Waals surface area contributed by atoms with Gasteiger partial charge >= 0.3 is 5.97 Å². The van der Waals surface area contributed by atoms with Gasteiger partial charge in [0.2, 0.25) is 5.88 Å². The molecule has 86 valence electrons. The van der Waals surface area contributed by atoms with E-state index in [1.165, 1.54) is 19.4 Å². The molecule has 0 saturated carbocycles. The summed E-state index contributed by atoms with van der Waals surface area (Å²) in [5, 5.41) is 8.77. The van der Waals surface area contributed by atoms with Crippen LogP contribution in [0.1, 0.15) is 10.4 Å². The number of methoxy groups -OCH3 is 1. The fourth-order valence-corrected chi connectivity index (χ4v) is 1.43. The minimum atomic E-state index is -0.998. The lowest BCUT2D eigenvalue weighted by Gasteiger charge is -2.05. The average Bonchev–Trinajstić information content (AvgIpc) is 2.39. The van der Waals surface area contributed by atoms with Gasteiger partial charge in [-0.1, -0.05) is 0 Å². The zero-order valence-corrected chi connectivity index (χ0v) is 9.12. The highest BCUT2D eigenvalue weighted by atomic mass is 16.5. The summed E-state index contributed by atoms with van der Waals surface area (Å²) in [6.45, 7) is 0. The van der Waals surface area contributed by atoms with Gasteiger partial charge in [-0.3, -0.25) is 4.98 Å². The van der Waals surface area contributed by atoms with Crippen LogP contribution < -0.4 is 4.74 Å². The number of rotatable bonds is 3. The molecule has 2 aromatic heterocycles. The normalized spacial score (nSPS) is 9.94. The highest BCUT2D eigenvalue weighted by Gasteiger charge is 2.09. The topological polar surface area (TPSA) is 72.3 Å². The first-order valence-corrected chi connectivity index (χ1v) is 4.91. The monoisotopic (exact) mass is 230 g/mol. The van der Waals surface area contributed by atoms with Gasteiger partial charge < -0.3 is 9.84 Å². The summed E-state index contributed by atoms with van der Waals surface area (Å²) in [5.41, 5.74) is 1.50. The maximum absolute atomic E-state index is 10.7. The van der Waals surface area contributed by atoms with Crippen molar-refractivity contribution < 1.29 is 14.6 Å². The van der Waals surface area contributed by atoms with Crippen LogP contribution in [0.3, 0.4) is 0 Å². The van der Waals surface area contributed by atoms with Crippen molar-refractivity contribution in [1.82, 2.24) is 9.97 Å². The quantitative estimate of drug-likeness (QED) is 0.871. The summed E-state index contributed by atoms with van der Waals surface area (Å²) < 4.78 is 5.11. The molecule has 0 aromatic carbocycles. The van der Waals surface area contributed by atoms with E-state index in [4.69, 9.17) is 9.84 Å². The Morgan fingerprint density at radius 2 is 2.12 bits per heavy atom. The number of hydrogen-bond donors (Lipinski definition) is 1. The van der Waals surface area contributed by atoms with Gasteiger partial charge in [0.25, 0.3) is 0 Å². The van der Waals surface area contributed by atoms with E-state index in [-0.39, 0.29) is 5.56 Å². The molecule has 0 aliphatic rings. The van der Waals surface area contributed by atoms with Gasteiger partial charge in [0.15, 0.2) is 0 Å². The summed E-state index contributed by atoms with van der Waals surface area (Å²) in [6, 6.07) is 6.71. The number of nitrogens with zero attached hydrogens (tertiary/aromatic N) is 2. The second-order valence-corrected chi connectivity index (χ2v) is 3.30. The predicted molar refractivity (Wildman–Crippen MR) is 61.0 cm³/mol. The van der Waals surface area contributed by atoms with Crippen LogP contribution in [0.15, 0.2) is 36.7 Å². The summed E-state index contributed by atoms with van der Waals surface area (Å²) in [6.07, 6.45) is 2.93. The molecule has 5 heteroatoms. The van der Waals surface area contributed by atoms with Gasteiger partial charge in [0.1, 0.15) is 0 Å². The molecule has 1 N–H and O–H groups in total. The Morgan fingerprint density at radius 1 is 1.29 bits per heavy atom. The summed E-state index contributed by atoms with van der Waals surface area (Å²) in [7, 11) is 1.53. The number of carboxylic acid groups (broad SMARTS) is 1. The van der Waals surface area contributed by atoms with Gasteiger partial charge in [-0.2, -0.15) is 0 Å². The lowest BCUT2D eigenvalue weighted by Crippen LogP contribution is -1.98. The Hall–Kier alpha value is -2.43. The van der Waals surface area contributed by atoms with Crippen molar-refractivity contribution in [3.8, 4) is 17.1 Å². The largest absolute Gasteiger partial charge is 0.481 e. The number of ether oxygens (including phenoxy) is 1. The molecule has 0 spiro atoms. The van der Waals surface area contributed by atoms with Crippen LogP contribution in [0.5, 0.6) is 5.88 Å². The molecule has 0 aliphatic carbocycles. The van der Waals surface area contributed by atoms with E-state index in [2.05, 4.69) is 9.97 Å². The molecular weight excluding hydrogens is 220 g/mol. The van der Waals surface area contributed by atoms with Crippen molar-refractivity contribution in [3.05, 3.63) is 42.2 Å². The van der Waals surface area contributed by atoms with Gasteiger partial charge in [-0.15, -0.1) is 0 Å². The number of aromatic carboxylic acids is 1. The Balaban J connectivity index is 2.43. The van der Waals surface area contributed by atoms with Gasteiger partial charge in [-0.25, -0.2) is 9.78 Å². The van der Waals surface area contributed by atoms with Crippen LogP contribution in [-0.4, -0.2) is 28.2 Å². The molecule has 2 rings (SSSR count). The van der Waals surface area contributed by atoms with Crippen LogP contribution in [0.4, 0.5) is 0 Å². The van der Waals surface area contributed by atoms with Gasteiger partial charge in [0.05, 0.1) is 23.9 Å². The molecule has 0 atom stereocenters. The Bertz CT molecular complexity index is 538. The van der Waals surface area contributed by atoms with Crippen LogP contribution in [0.2, 0.25) is 0 Å². The maximum Gasteiger partial charge on any atom is 0.337 e. The van der Waals surface area contributed by atoms with Crippen molar-refractivity contribution in [3.63, 3.8) is 0 Å². The third kappa shape index (κ3) is 2.23. The lowest BCUT2D eigenvalue weighted by molar-refractivity contribution is 0.0696. The van der Waals surface area contributed by atoms with Crippen molar-refractivity contribution in [1.29, 1.82) is 0 Å². The molecule has 2 aromatic rings. The molecule has 0 unspecified atom stereocenters. The molecule has 0 fully saturated rings. The molecule has 5 nitrogen and oxygen atoms in total. The van der Waals surface area contributed by atoms with E-state index in [1.54, 1.807) is 18.3 Å². The zero-order chi connectivity index (χ0) is 12.3. The van der Waals surface area contributed by atoms with E-state index >= 15 is 0 Å². The summed E-state index contributed by atoms with van der Waals surface area (Å²) >= 11 is 0. The van der Waals surface area contributed by atoms with Gasteiger partial charge in [-0.05, 0) is 24.3 Å². The van der Waals surface area contributed by atoms with E-state index in [1.807, 2.05) is 6.07 Å². The second kappa shape index (κ2) is 4.61. The minimum absolute atomic E-state index is 0.150. The fourth-order valence-electron chi connectivity index (χ4n) is 1.43. The van der Waals surface area contributed by atoms with Crippen LogP contribution >= 0.6 is 0 Å². The highest BCUT2D eigenvalue weighted by molar-refractivity contribution is 5.87. The van der Waals surface area contributed by atoms with Crippen LogP contribution in [-0.2, 0) is 0 Å². The Labute approximate surface area is 97.7 Å². The number of hydrogen-bond acceptors (Lipinski definition) is 4. The Morgan fingerprint density at radius 3 is 2.71 bits per heavy atom. The molecular formula is C12H10N2O3. The highest BCUT2D eigenvalue weighted by Crippen LogP contribution is 2.25. The predicted octanol–water partition coefficient (Wildman–Crippen LogP) is 1.85. The molecule has 17 heavy (non-hydrogen) atoms. The standard InChI is InChI=1S/C12H10N2O3/c1-17-11-9(3-2-6-13-11)10-5-4-8(7-14-10)12(15)16/h2-7H,1H3,(H,15,16). The van der Waals surface area contributed by atoms with Crippen LogP contribution in [0, 0.1) is 0 Å². The first kappa shape index (κ1) is 11.1. The second-order valence-electron chi connectivity index (χ2n) is 3.30. The first-order chi connectivity index (χ1) is 8.22. The third-order valence-corrected chi connectivity index (χ3v) is 2.25. The fraction of sp³-hybridized carbons (Fsp3) is 0.0833. The summed E-state index contributed by atoms with van der Waals surface area (Å²) in [5.74, 6) is -0.537. The average molecular weight is 230 g/mol. The van der Waals surface area contributed by atoms with Gasteiger partial charge in [0, 0.05) is 12.4 Å². The first-order valence-electron chi connectivity index (χ1n) is 4.91. The van der Waals surface area contributed by atoms with Crippen molar-refractivity contribution in [2.45, 2.75) is 0 Å². The van der Waals surface area contributed by atoms with Crippen molar-refractivity contribution >= 4 is 5.97 Å². The third-order valence-electron chi connectivity index (χ3n) is 2.25.